The molecule has 3 aromatic carbocycles. The van der Waals surface area contributed by atoms with Crippen molar-refractivity contribution in [2.75, 3.05) is 17.2 Å². The monoisotopic (exact) mass is 672 g/mol. The number of halogens is 5. The summed E-state index contributed by atoms with van der Waals surface area (Å²) in [5, 5.41) is 7.52. The molecule has 1 unspecified atom stereocenters. The van der Waals surface area contributed by atoms with E-state index in [0.717, 1.165) is 40.9 Å². The fraction of sp³-hybridized carbons (Fsp3) is 0.281. The number of hydrogen-bond donors (Lipinski definition) is 1. The smallest absolute Gasteiger partial charge is 0.426 e. The minimum Gasteiger partial charge on any atom is -0.426 e. The number of aryl methyl sites for hydroxylation is 2. The van der Waals surface area contributed by atoms with Crippen LogP contribution in [0.2, 0.25) is 0 Å². The van der Waals surface area contributed by atoms with Crippen LogP contribution in [0, 0.1) is 6.92 Å². The van der Waals surface area contributed by atoms with Gasteiger partial charge in [-0.25, -0.2) is 14.5 Å². The number of nitrogens with zero attached hydrogens (tertiary/aromatic N) is 5. The Morgan fingerprint density at radius 3 is 2.43 bits per heavy atom. The van der Waals surface area contributed by atoms with Gasteiger partial charge in [-0.2, -0.15) is 26.9 Å². The van der Waals surface area contributed by atoms with E-state index < -0.39 is 24.1 Å². The number of ether oxygens (including phenoxy) is 1. The first kappa shape index (κ1) is 33.6. The Morgan fingerprint density at radius 2 is 1.77 bits per heavy atom. The Hall–Kier alpha value is -4.79. The molecule has 1 aromatic heterocycles. The number of alkyl halides is 5. The van der Waals surface area contributed by atoms with Crippen LogP contribution in [0.3, 0.4) is 0 Å². The molecule has 1 saturated heterocycles. The van der Waals surface area contributed by atoms with Gasteiger partial charge in [0.25, 0.3) is 0 Å². The summed E-state index contributed by atoms with van der Waals surface area (Å²) in [6.07, 6.45) is -9.06. The van der Waals surface area contributed by atoms with Crippen LogP contribution in [0.1, 0.15) is 36.5 Å². The number of carbonyl (C=O) groups excluding carboxylic acids is 2. The van der Waals surface area contributed by atoms with Gasteiger partial charge in [0.05, 0.1) is 17.1 Å². The van der Waals surface area contributed by atoms with Crippen molar-refractivity contribution in [1.29, 1.82) is 0 Å². The number of carbonyl (C=O) groups is 2. The van der Waals surface area contributed by atoms with Crippen LogP contribution >= 0.6 is 11.8 Å². The molecular weight excluding hydrogens is 643 g/mol. The van der Waals surface area contributed by atoms with Crippen LogP contribution in [0.15, 0.2) is 78.0 Å². The molecular formula is C32H29F5N6O3S. The molecule has 0 bridgehead atoms. The van der Waals surface area contributed by atoms with Gasteiger partial charge in [0, 0.05) is 12.1 Å². The topological polar surface area (TPSA) is 102 Å². The molecule has 3 amide bonds. The number of amides is 3. The van der Waals surface area contributed by atoms with Gasteiger partial charge in [0.1, 0.15) is 12.1 Å². The highest BCUT2D eigenvalue weighted by Crippen LogP contribution is 2.37. The van der Waals surface area contributed by atoms with Gasteiger partial charge in [-0.05, 0) is 60.2 Å². The molecule has 9 nitrogen and oxygen atoms in total. The standard InChI is InChI=1S/C32H29F5N6O3S/c1-4-21-7-5-6-19(2)27(21)43-26(44)17-47-30(43)40-29(45)38-16-20(3)22-8-10-23(11-9-22)28-39-18-42(41-28)24-12-14-25(15-13-24)46-32(36,37)31(33,34)35/h5-15,18,20H,4,16-17H2,1-3H3,(H,38,45). The zero-order valence-corrected chi connectivity index (χ0v) is 26.2. The molecule has 246 valence electrons. The highest BCUT2D eigenvalue weighted by atomic mass is 32.2. The number of urea groups is 1. The van der Waals surface area contributed by atoms with Crippen molar-refractivity contribution < 1.29 is 36.3 Å². The minimum atomic E-state index is -5.84. The summed E-state index contributed by atoms with van der Waals surface area (Å²) in [5.74, 6) is -0.315. The maximum atomic E-state index is 13.2. The van der Waals surface area contributed by atoms with Crippen molar-refractivity contribution >= 4 is 34.6 Å². The average Bonchev–Trinajstić information content (AvgIpc) is 3.66. The largest absolute Gasteiger partial charge is 0.499 e. The number of benzene rings is 3. The molecule has 1 aliphatic heterocycles. The van der Waals surface area contributed by atoms with E-state index in [-0.39, 0.29) is 17.6 Å². The summed E-state index contributed by atoms with van der Waals surface area (Å²) in [5.41, 5.74) is 4.65. The molecule has 1 fully saturated rings. The summed E-state index contributed by atoms with van der Waals surface area (Å²) >= 11 is 1.23. The molecule has 15 heteroatoms. The zero-order valence-electron chi connectivity index (χ0n) is 25.4. The summed E-state index contributed by atoms with van der Waals surface area (Å²) in [4.78, 5) is 35.5. The molecule has 2 heterocycles. The predicted molar refractivity (Wildman–Crippen MR) is 168 cm³/mol. The summed E-state index contributed by atoms with van der Waals surface area (Å²) in [6.45, 7) is 6.16. The van der Waals surface area contributed by atoms with Crippen LogP contribution in [0.25, 0.3) is 17.1 Å². The number of aliphatic imine (C=N–C) groups is 1. The number of aromatic nitrogens is 3. The maximum absolute atomic E-state index is 13.2. The van der Waals surface area contributed by atoms with E-state index in [1.165, 1.54) is 39.8 Å². The number of anilines is 1. The summed E-state index contributed by atoms with van der Waals surface area (Å²) < 4.78 is 68.7. The molecule has 0 aliphatic carbocycles. The van der Waals surface area contributed by atoms with E-state index in [0.29, 0.717) is 28.8 Å². The van der Waals surface area contributed by atoms with Gasteiger partial charge in [0.15, 0.2) is 11.0 Å². The normalized spacial score (nSPS) is 15.3. The lowest BCUT2D eigenvalue weighted by Gasteiger charge is -2.21. The molecule has 5 rings (SSSR count). The van der Waals surface area contributed by atoms with E-state index in [2.05, 4.69) is 25.1 Å². The third kappa shape index (κ3) is 7.45. The lowest BCUT2D eigenvalue weighted by atomic mass is 10.00. The molecule has 0 spiro atoms. The van der Waals surface area contributed by atoms with Crippen molar-refractivity contribution in [3.63, 3.8) is 0 Å². The van der Waals surface area contributed by atoms with Crippen LogP contribution in [0.4, 0.5) is 32.4 Å². The second-order valence-electron chi connectivity index (χ2n) is 10.7. The lowest BCUT2D eigenvalue weighted by Crippen LogP contribution is -2.41. The van der Waals surface area contributed by atoms with Crippen LogP contribution in [-0.2, 0) is 11.2 Å². The Morgan fingerprint density at radius 1 is 1.06 bits per heavy atom. The highest BCUT2D eigenvalue weighted by molar-refractivity contribution is 8.15. The molecule has 1 aliphatic rings. The second kappa shape index (κ2) is 13.5. The quantitative estimate of drug-likeness (QED) is 0.188. The lowest BCUT2D eigenvalue weighted by molar-refractivity contribution is -0.360. The van der Waals surface area contributed by atoms with Gasteiger partial charge in [-0.15, -0.1) is 5.10 Å². The van der Waals surface area contributed by atoms with Crippen molar-refractivity contribution in [2.45, 2.75) is 45.4 Å². The van der Waals surface area contributed by atoms with E-state index in [4.69, 9.17) is 0 Å². The zero-order chi connectivity index (χ0) is 33.9. The third-order valence-electron chi connectivity index (χ3n) is 7.36. The third-order valence-corrected chi connectivity index (χ3v) is 8.28. The Labute approximate surface area is 270 Å². The molecule has 4 aromatic rings. The van der Waals surface area contributed by atoms with Crippen LogP contribution in [-0.4, -0.2) is 56.5 Å². The maximum Gasteiger partial charge on any atom is 0.499 e. The fourth-order valence-corrected chi connectivity index (χ4v) is 5.68. The summed E-state index contributed by atoms with van der Waals surface area (Å²) in [7, 11) is 0. The second-order valence-corrected chi connectivity index (χ2v) is 11.6. The SMILES string of the molecule is CCc1cccc(C)c1N1C(=O)CSC1=NC(=O)NCC(C)c1ccc(-c2ncn(-c3ccc(OC(F)(F)C(F)(F)F)cc3)n2)cc1. The van der Waals surface area contributed by atoms with Gasteiger partial charge < -0.3 is 10.1 Å². The first-order valence-corrected chi connectivity index (χ1v) is 15.4. The molecule has 1 N–H and O–H groups in total. The molecule has 1 atom stereocenters. The predicted octanol–water partition coefficient (Wildman–Crippen LogP) is 7.29. The number of nitrogens with one attached hydrogen (secondary N) is 1. The number of amidine groups is 1. The van der Waals surface area contributed by atoms with Gasteiger partial charge in [0.2, 0.25) is 5.91 Å². The number of thioether (sulfide) groups is 1. The minimum absolute atomic E-state index is 0.0822. The van der Waals surface area contributed by atoms with Crippen molar-refractivity contribution in [3.05, 3.63) is 89.7 Å². The average molecular weight is 673 g/mol. The fourth-order valence-electron chi connectivity index (χ4n) is 4.83. The van der Waals surface area contributed by atoms with Gasteiger partial charge in [-0.3, -0.25) is 9.69 Å². The Kier molecular flexibility index (Phi) is 9.65. The first-order valence-electron chi connectivity index (χ1n) is 14.4. The van der Waals surface area contributed by atoms with E-state index in [9.17, 15) is 31.5 Å². The van der Waals surface area contributed by atoms with Crippen LogP contribution < -0.4 is 15.0 Å². The Balaban J connectivity index is 1.19. The van der Waals surface area contributed by atoms with Crippen molar-refractivity contribution in [1.82, 2.24) is 20.1 Å². The highest BCUT2D eigenvalue weighted by Gasteiger charge is 2.61. The van der Waals surface area contributed by atoms with E-state index in [1.807, 2.05) is 51.1 Å². The van der Waals surface area contributed by atoms with Crippen LogP contribution in [0.5, 0.6) is 5.75 Å². The Bertz CT molecular complexity index is 1790. The van der Waals surface area contributed by atoms with Crippen molar-refractivity contribution in [3.8, 4) is 22.8 Å². The number of para-hydroxylation sites is 1. The number of hydrogen-bond acceptors (Lipinski definition) is 6. The molecule has 47 heavy (non-hydrogen) atoms. The van der Waals surface area contributed by atoms with Gasteiger partial charge >= 0.3 is 18.3 Å². The van der Waals surface area contributed by atoms with Crippen molar-refractivity contribution in [2.24, 2.45) is 4.99 Å². The number of rotatable bonds is 9. The molecule has 0 saturated carbocycles. The van der Waals surface area contributed by atoms with E-state index >= 15 is 0 Å². The molecule has 0 radical (unpaired) electrons. The summed E-state index contributed by atoms with van der Waals surface area (Å²) in [6, 6.07) is 17.1. The first-order chi connectivity index (χ1) is 22.3. The van der Waals surface area contributed by atoms with E-state index in [1.54, 1.807) is 12.1 Å². The van der Waals surface area contributed by atoms with Gasteiger partial charge in [-0.1, -0.05) is 68.1 Å².